The first-order chi connectivity index (χ1) is 16.0. The molecule has 172 valence electrons. The Morgan fingerprint density at radius 1 is 0.970 bits per heavy atom. The number of nitrogens with one attached hydrogen (secondary N) is 1. The van der Waals surface area contributed by atoms with E-state index >= 15 is 0 Å². The van der Waals surface area contributed by atoms with E-state index in [2.05, 4.69) is 29.6 Å². The van der Waals surface area contributed by atoms with E-state index in [1.54, 1.807) is 4.90 Å². The number of benzene rings is 2. The number of hydrogen-bond acceptors (Lipinski definition) is 4. The Hall–Kier alpha value is -3.35. The van der Waals surface area contributed by atoms with Crippen LogP contribution in [0.4, 0.5) is 4.79 Å². The Balaban J connectivity index is 1.11. The number of piperidine rings is 1. The van der Waals surface area contributed by atoms with Crippen LogP contribution in [-0.2, 0) is 14.3 Å². The number of aliphatic carboxylic acids is 1. The number of hydrogen-bond donors (Lipinski definition) is 2. The lowest BCUT2D eigenvalue weighted by atomic mass is 9.79. The van der Waals surface area contributed by atoms with Crippen molar-refractivity contribution in [3.05, 3.63) is 59.7 Å². The quantitative estimate of drug-likeness (QED) is 0.728. The van der Waals surface area contributed by atoms with Crippen molar-refractivity contribution in [1.82, 2.24) is 10.2 Å². The van der Waals surface area contributed by atoms with Crippen LogP contribution in [-0.4, -0.2) is 53.7 Å². The lowest BCUT2D eigenvalue weighted by molar-refractivity contribution is -0.148. The van der Waals surface area contributed by atoms with Gasteiger partial charge in [-0.05, 0) is 47.9 Å². The van der Waals surface area contributed by atoms with E-state index < -0.39 is 18.0 Å². The highest BCUT2D eigenvalue weighted by Gasteiger charge is 2.40. The Bertz CT molecular complexity index is 1030. The van der Waals surface area contributed by atoms with Crippen molar-refractivity contribution in [2.75, 3.05) is 19.7 Å². The van der Waals surface area contributed by atoms with Crippen molar-refractivity contribution in [3.8, 4) is 11.1 Å². The molecule has 0 radical (unpaired) electrons. The fourth-order valence-corrected chi connectivity index (χ4v) is 5.38. The zero-order valence-corrected chi connectivity index (χ0v) is 18.4. The Morgan fingerprint density at radius 3 is 2.24 bits per heavy atom. The fourth-order valence-electron chi connectivity index (χ4n) is 5.38. The van der Waals surface area contributed by atoms with Crippen molar-refractivity contribution >= 4 is 18.0 Å². The number of fused-ring (bicyclic) bond motifs is 3. The average Bonchev–Trinajstić information content (AvgIpc) is 3.13. The van der Waals surface area contributed by atoms with Crippen LogP contribution in [0, 0.1) is 11.8 Å². The summed E-state index contributed by atoms with van der Waals surface area (Å²) < 4.78 is 5.59. The molecule has 7 nitrogen and oxygen atoms in total. The monoisotopic (exact) mass is 448 g/mol. The summed E-state index contributed by atoms with van der Waals surface area (Å²) in [5.74, 6) is -1.45. The van der Waals surface area contributed by atoms with Crippen molar-refractivity contribution in [2.24, 2.45) is 11.8 Å². The van der Waals surface area contributed by atoms with Gasteiger partial charge in [0.15, 0.2) is 0 Å². The van der Waals surface area contributed by atoms with Crippen LogP contribution in [0.15, 0.2) is 48.5 Å². The summed E-state index contributed by atoms with van der Waals surface area (Å²) in [6, 6.07) is 16.3. The van der Waals surface area contributed by atoms with Gasteiger partial charge in [0, 0.05) is 31.0 Å². The zero-order valence-electron chi connectivity index (χ0n) is 18.4. The largest absolute Gasteiger partial charge is 0.481 e. The van der Waals surface area contributed by atoms with E-state index in [0.29, 0.717) is 25.8 Å². The summed E-state index contributed by atoms with van der Waals surface area (Å²) in [5.41, 5.74) is 4.71. The number of nitrogens with zero attached hydrogens (tertiary/aromatic N) is 1. The van der Waals surface area contributed by atoms with Gasteiger partial charge in [0.1, 0.15) is 6.61 Å². The van der Waals surface area contributed by atoms with Crippen molar-refractivity contribution in [2.45, 2.75) is 37.6 Å². The molecule has 2 aromatic carbocycles. The van der Waals surface area contributed by atoms with Crippen LogP contribution in [0.3, 0.4) is 0 Å². The molecule has 2 aliphatic carbocycles. The SMILES string of the molecule is O=C(NC1CC(C(=O)N2CCCC(C(=O)O)C2)C1)OCC1c2ccccc2-c2ccccc21. The van der Waals surface area contributed by atoms with Gasteiger partial charge in [-0.1, -0.05) is 48.5 Å². The maximum Gasteiger partial charge on any atom is 0.407 e. The predicted molar refractivity (Wildman–Crippen MR) is 122 cm³/mol. The number of alkyl carbamates (subject to hydrolysis) is 1. The Morgan fingerprint density at radius 2 is 1.61 bits per heavy atom. The molecule has 5 rings (SSSR count). The standard InChI is InChI=1S/C26H28N2O5/c29-24(28-11-5-6-16(14-28)25(30)31)17-12-18(13-17)27-26(32)33-15-23-21-9-3-1-7-19(21)20-8-2-4-10-22(20)23/h1-4,7-10,16-18,23H,5-6,11-15H2,(H,27,32)(H,30,31). The normalized spacial score (nSPS) is 23.8. The Kier molecular flexibility index (Phi) is 5.79. The first kappa shape index (κ1) is 21.5. The lowest BCUT2D eigenvalue weighted by Gasteiger charge is -2.39. The summed E-state index contributed by atoms with van der Waals surface area (Å²) in [6.07, 6.45) is 2.01. The van der Waals surface area contributed by atoms with Gasteiger partial charge < -0.3 is 20.1 Å². The summed E-state index contributed by atoms with van der Waals surface area (Å²) in [4.78, 5) is 38.1. The molecule has 1 saturated heterocycles. The summed E-state index contributed by atoms with van der Waals surface area (Å²) in [7, 11) is 0. The van der Waals surface area contributed by atoms with Gasteiger partial charge in [-0.25, -0.2) is 4.79 Å². The van der Waals surface area contributed by atoms with Crippen molar-refractivity contribution < 1.29 is 24.2 Å². The smallest absolute Gasteiger partial charge is 0.407 e. The van der Waals surface area contributed by atoms with E-state index in [1.807, 2.05) is 24.3 Å². The molecule has 2 N–H and O–H groups in total. The minimum absolute atomic E-state index is 0.00605. The number of likely N-dealkylation sites (tertiary alicyclic amines) is 1. The molecular weight excluding hydrogens is 420 g/mol. The van der Waals surface area contributed by atoms with E-state index in [4.69, 9.17) is 4.74 Å². The molecule has 0 spiro atoms. The molecule has 1 aliphatic heterocycles. The molecule has 33 heavy (non-hydrogen) atoms. The van der Waals surface area contributed by atoms with Crippen LogP contribution in [0.25, 0.3) is 11.1 Å². The molecule has 1 unspecified atom stereocenters. The number of carbonyl (C=O) groups excluding carboxylic acids is 2. The first-order valence-corrected chi connectivity index (χ1v) is 11.6. The van der Waals surface area contributed by atoms with Gasteiger partial charge in [-0.15, -0.1) is 0 Å². The summed E-state index contributed by atoms with van der Waals surface area (Å²) in [5, 5.41) is 12.1. The first-order valence-electron chi connectivity index (χ1n) is 11.6. The molecule has 1 saturated carbocycles. The molecule has 2 aromatic rings. The van der Waals surface area contributed by atoms with E-state index in [9.17, 15) is 19.5 Å². The molecule has 2 fully saturated rings. The number of ether oxygens (including phenoxy) is 1. The minimum atomic E-state index is -0.837. The third kappa shape index (κ3) is 4.19. The maximum absolute atomic E-state index is 12.7. The third-order valence-corrected chi connectivity index (χ3v) is 7.24. The van der Waals surface area contributed by atoms with Gasteiger partial charge >= 0.3 is 12.1 Å². The molecule has 1 atom stereocenters. The second-order valence-electron chi connectivity index (χ2n) is 9.30. The van der Waals surface area contributed by atoms with Gasteiger partial charge in [0.2, 0.25) is 5.91 Å². The van der Waals surface area contributed by atoms with Gasteiger partial charge in [-0.2, -0.15) is 0 Å². The van der Waals surface area contributed by atoms with Gasteiger partial charge in [-0.3, -0.25) is 9.59 Å². The minimum Gasteiger partial charge on any atom is -0.481 e. The highest BCUT2D eigenvalue weighted by atomic mass is 16.5. The molecule has 3 aliphatic rings. The van der Waals surface area contributed by atoms with E-state index in [0.717, 1.165) is 6.42 Å². The number of rotatable bonds is 5. The average molecular weight is 449 g/mol. The molecule has 0 bridgehead atoms. The number of amides is 2. The number of carboxylic acid groups (broad SMARTS) is 1. The second-order valence-corrected chi connectivity index (χ2v) is 9.30. The van der Waals surface area contributed by atoms with Gasteiger partial charge in [0.25, 0.3) is 0 Å². The lowest BCUT2D eigenvalue weighted by Crippen LogP contribution is -2.52. The summed E-state index contributed by atoms with van der Waals surface area (Å²) in [6.45, 7) is 1.16. The predicted octanol–water partition coefficient (Wildman–Crippen LogP) is 3.63. The molecular formula is C26H28N2O5. The van der Waals surface area contributed by atoms with Crippen molar-refractivity contribution in [3.63, 3.8) is 0 Å². The van der Waals surface area contributed by atoms with Crippen LogP contribution in [0.1, 0.15) is 42.7 Å². The second kappa shape index (κ2) is 8.89. The topological polar surface area (TPSA) is 95.9 Å². The molecule has 1 heterocycles. The van der Waals surface area contributed by atoms with Crippen LogP contribution >= 0.6 is 0 Å². The van der Waals surface area contributed by atoms with Crippen LogP contribution < -0.4 is 5.32 Å². The molecule has 2 amide bonds. The summed E-state index contributed by atoms with van der Waals surface area (Å²) >= 11 is 0. The number of carbonyl (C=O) groups is 3. The van der Waals surface area contributed by atoms with Crippen LogP contribution in [0.5, 0.6) is 0 Å². The van der Waals surface area contributed by atoms with Crippen molar-refractivity contribution in [1.29, 1.82) is 0 Å². The highest BCUT2D eigenvalue weighted by molar-refractivity contribution is 5.82. The highest BCUT2D eigenvalue weighted by Crippen LogP contribution is 2.44. The third-order valence-electron chi connectivity index (χ3n) is 7.24. The molecule has 0 aromatic heterocycles. The zero-order chi connectivity index (χ0) is 22.9. The van der Waals surface area contributed by atoms with E-state index in [-0.39, 0.29) is 36.9 Å². The van der Waals surface area contributed by atoms with E-state index in [1.165, 1.54) is 22.3 Å². The van der Waals surface area contributed by atoms with Crippen LogP contribution in [0.2, 0.25) is 0 Å². The molecule has 7 heteroatoms. The van der Waals surface area contributed by atoms with Gasteiger partial charge in [0.05, 0.1) is 5.92 Å². The maximum atomic E-state index is 12.7. The Labute approximate surface area is 192 Å². The number of carboxylic acids is 1. The fraction of sp³-hybridized carbons (Fsp3) is 0.423.